The topological polar surface area (TPSA) is 78.6 Å². The maximum Gasteiger partial charge on any atom is 0.322 e. The summed E-state index contributed by atoms with van der Waals surface area (Å²) in [5.41, 5.74) is 5.08. The van der Waals surface area contributed by atoms with E-state index in [4.69, 9.17) is 10.5 Å². The Hall–Kier alpha value is -1.10. The van der Waals surface area contributed by atoms with Crippen molar-refractivity contribution in [2.75, 3.05) is 7.11 Å². The van der Waals surface area contributed by atoms with Gasteiger partial charge < -0.3 is 15.2 Å². The van der Waals surface area contributed by atoms with E-state index in [-0.39, 0.29) is 18.3 Å². The van der Waals surface area contributed by atoms with Crippen LogP contribution in [0.5, 0.6) is 0 Å². The summed E-state index contributed by atoms with van der Waals surface area (Å²) in [6, 6.07) is -0.794. The van der Waals surface area contributed by atoms with Crippen molar-refractivity contribution in [1.82, 2.24) is 0 Å². The summed E-state index contributed by atoms with van der Waals surface area (Å²) in [4.78, 5) is 22.6. The number of nitrogens with two attached hydrogens (primary N) is 1. The van der Waals surface area contributed by atoms with E-state index in [1.165, 1.54) is 7.11 Å². The number of ether oxygens (including phenoxy) is 2. The van der Waals surface area contributed by atoms with E-state index in [0.29, 0.717) is 0 Å². The standard InChI is InChI=1S/C11H21NO4/c1-7(9(12)10(14)15-5)6-8(13)16-11(2,3)4/h7,9H,6,12H2,1-5H3. The predicted octanol–water partition coefficient (Wildman–Crippen LogP) is 0.855. The highest BCUT2D eigenvalue weighted by Gasteiger charge is 2.26. The van der Waals surface area contributed by atoms with Gasteiger partial charge in [-0.25, -0.2) is 0 Å². The summed E-state index contributed by atoms with van der Waals surface area (Å²) >= 11 is 0. The largest absolute Gasteiger partial charge is 0.468 e. The van der Waals surface area contributed by atoms with Gasteiger partial charge in [0.1, 0.15) is 11.6 Å². The lowest BCUT2D eigenvalue weighted by molar-refractivity contribution is -0.156. The Labute approximate surface area is 96.3 Å². The summed E-state index contributed by atoms with van der Waals surface area (Å²) in [6.45, 7) is 7.08. The monoisotopic (exact) mass is 231 g/mol. The molecule has 0 aromatic heterocycles. The van der Waals surface area contributed by atoms with Gasteiger partial charge in [0, 0.05) is 0 Å². The second kappa shape index (κ2) is 5.84. The molecule has 0 saturated carbocycles. The fourth-order valence-corrected chi connectivity index (χ4v) is 1.14. The second-order valence-corrected chi connectivity index (χ2v) is 4.82. The highest BCUT2D eigenvalue weighted by Crippen LogP contribution is 2.13. The lowest BCUT2D eigenvalue weighted by atomic mass is 9.99. The molecule has 5 heteroatoms. The average molecular weight is 231 g/mol. The molecule has 0 aromatic carbocycles. The van der Waals surface area contributed by atoms with E-state index in [9.17, 15) is 9.59 Å². The first-order chi connectivity index (χ1) is 7.17. The van der Waals surface area contributed by atoms with Crippen LogP contribution in [-0.2, 0) is 19.1 Å². The van der Waals surface area contributed by atoms with Gasteiger partial charge in [0.05, 0.1) is 13.5 Å². The summed E-state index contributed by atoms with van der Waals surface area (Å²) < 4.78 is 9.62. The zero-order chi connectivity index (χ0) is 12.9. The molecule has 0 saturated heterocycles. The number of rotatable bonds is 4. The van der Waals surface area contributed by atoms with Crippen LogP contribution in [0.15, 0.2) is 0 Å². The molecule has 2 unspecified atom stereocenters. The Balaban J connectivity index is 4.19. The fourth-order valence-electron chi connectivity index (χ4n) is 1.14. The van der Waals surface area contributed by atoms with Crippen molar-refractivity contribution in [2.24, 2.45) is 11.7 Å². The summed E-state index contributed by atoms with van der Waals surface area (Å²) in [7, 11) is 1.27. The Morgan fingerprint density at radius 3 is 2.19 bits per heavy atom. The Morgan fingerprint density at radius 2 is 1.81 bits per heavy atom. The van der Waals surface area contributed by atoms with Gasteiger partial charge in [0.15, 0.2) is 0 Å². The van der Waals surface area contributed by atoms with Crippen LogP contribution in [0.2, 0.25) is 0 Å². The van der Waals surface area contributed by atoms with Crippen molar-refractivity contribution in [2.45, 2.75) is 45.8 Å². The van der Waals surface area contributed by atoms with Crippen LogP contribution in [0.1, 0.15) is 34.1 Å². The van der Waals surface area contributed by atoms with Crippen LogP contribution in [0, 0.1) is 5.92 Å². The number of hydrogen-bond acceptors (Lipinski definition) is 5. The molecule has 5 nitrogen and oxygen atoms in total. The Morgan fingerprint density at radius 1 is 1.31 bits per heavy atom. The first-order valence-electron chi connectivity index (χ1n) is 5.22. The van der Waals surface area contributed by atoms with Crippen molar-refractivity contribution in [3.63, 3.8) is 0 Å². The first-order valence-corrected chi connectivity index (χ1v) is 5.22. The highest BCUT2D eigenvalue weighted by atomic mass is 16.6. The maximum atomic E-state index is 11.5. The van der Waals surface area contributed by atoms with Crippen LogP contribution < -0.4 is 5.73 Å². The van der Waals surface area contributed by atoms with Gasteiger partial charge in [-0.15, -0.1) is 0 Å². The minimum absolute atomic E-state index is 0.105. The molecule has 0 aromatic rings. The van der Waals surface area contributed by atoms with Crippen LogP contribution in [-0.4, -0.2) is 30.7 Å². The van der Waals surface area contributed by atoms with E-state index in [1.807, 2.05) is 0 Å². The molecule has 0 aliphatic heterocycles. The zero-order valence-corrected chi connectivity index (χ0v) is 10.6. The van der Waals surface area contributed by atoms with Crippen molar-refractivity contribution >= 4 is 11.9 Å². The van der Waals surface area contributed by atoms with Gasteiger partial charge in [0.2, 0.25) is 0 Å². The van der Waals surface area contributed by atoms with Crippen molar-refractivity contribution in [3.05, 3.63) is 0 Å². The third-order valence-electron chi connectivity index (χ3n) is 2.00. The van der Waals surface area contributed by atoms with Crippen molar-refractivity contribution in [3.8, 4) is 0 Å². The third-order valence-corrected chi connectivity index (χ3v) is 2.00. The third kappa shape index (κ3) is 5.70. The average Bonchev–Trinajstić information content (AvgIpc) is 2.12. The number of carbonyl (C=O) groups is 2. The molecule has 0 bridgehead atoms. The molecule has 2 N–H and O–H groups in total. The fraction of sp³-hybridized carbons (Fsp3) is 0.818. The minimum Gasteiger partial charge on any atom is -0.468 e. The van der Waals surface area contributed by atoms with Gasteiger partial charge in [-0.2, -0.15) is 0 Å². The minimum atomic E-state index is -0.794. The number of esters is 2. The van der Waals surface area contributed by atoms with E-state index in [0.717, 1.165) is 0 Å². The molecule has 0 aliphatic carbocycles. The smallest absolute Gasteiger partial charge is 0.322 e. The highest BCUT2D eigenvalue weighted by molar-refractivity contribution is 5.77. The normalized spacial score (nSPS) is 15.1. The molecule has 2 atom stereocenters. The molecule has 0 radical (unpaired) electrons. The van der Waals surface area contributed by atoms with Gasteiger partial charge in [0.25, 0.3) is 0 Å². The Bertz CT molecular complexity index is 257. The number of hydrogen-bond donors (Lipinski definition) is 1. The molecular formula is C11H21NO4. The number of methoxy groups -OCH3 is 1. The molecule has 0 rings (SSSR count). The summed E-state index contributed by atoms with van der Waals surface area (Å²) in [5, 5.41) is 0. The SMILES string of the molecule is COC(=O)C(N)C(C)CC(=O)OC(C)(C)C. The molecule has 0 spiro atoms. The number of carbonyl (C=O) groups excluding carboxylic acids is 2. The van der Waals surface area contributed by atoms with E-state index in [2.05, 4.69) is 4.74 Å². The predicted molar refractivity (Wildman–Crippen MR) is 59.6 cm³/mol. The zero-order valence-electron chi connectivity index (χ0n) is 10.6. The molecule has 0 heterocycles. The molecule has 0 aliphatic rings. The molecule has 16 heavy (non-hydrogen) atoms. The van der Waals surface area contributed by atoms with Crippen LogP contribution in [0.3, 0.4) is 0 Å². The first kappa shape index (κ1) is 14.9. The van der Waals surface area contributed by atoms with Gasteiger partial charge in [-0.1, -0.05) is 6.92 Å². The molecule has 0 fully saturated rings. The van der Waals surface area contributed by atoms with E-state index < -0.39 is 17.6 Å². The Kier molecular flexibility index (Phi) is 5.44. The lowest BCUT2D eigenvalue weighted by Crippen LogP contribution is -2.39. The quantitative estimate of drug-likeness (QED) is 0.726. The van der Waals surface area contributed by atoms with Crippen LogP contribution in [0.4, 0.5) is 0 Å². The summed E-state index contributed by atoms with van der Waals surface area (Å²) in [6.07, 6.45) is 0.105. The van der Waals surface area contributed by atoms with Gasteiger partial charge in [-0.05, 0) is 26.7 Å². The molecule has 94 valence electrons. The van der Waals surface area contributed by atoms with Crippen LogP contribution >= 0.6 is 0 Å². The second-order valence-electron chi connectivity index (χ2n) is 4.82. The maximum absolute atomic E-state index is 11.5. The van der Waals surface area contributed by atoms with Gasteiger partial charge in [-0.3, -0.25) is 9.59 Å². The summed E-state index contributed by atoms with van der Waals surface area (Å²) in [5.74, 6) is -1.18. The molecular weight excluding hydrogens is 210 g/mol. The van der Waals surface area contributed by atoms with E-state index >= 15 is 0 Å². The van der Waals surface area contributed by atoms with E-state index in [1.54, 1.807) is 27.7 Å². The van der Waals surface area contributed by atoms with Gasteiger partial charge >= 0.3 is 11.9 Å². The lowest BCUT2D eigenvalue weighted by Gasteiger charge is -2.22. The molecule has 0 amide bonds. The van der Waals surface area contributed by atoms with Crippen LogP contribution in [0.25, 0.3) is 0 Å². The van der Waals surface area contributed by atoms with Crippen molar-refractivity contribution in [1.29, 1.82) is 0 Å². The van der Waals surface area contributed by atoms with Crippen molar-refractivity contribution < 1.29 is 19.1 Å².